The number of hydrogen-bond donors (Lipinski definition) is 0. The van der Waals surface area contributed by atoms with Crippen LogP contribution in [0.2, 0.25) is 0 Å². The number of nitrogens with zero attached hydrogens (tertiary/aromatic N) is 1. The Bertz CT molecular complexity index is 485. The minimum atomic E-state index is 0.225. The summed E-state index contributed by atoms with van der Waals surface area (Å²) in [5.41, 5.74) is 2.57. The van der Waals surface area contributed by atoms with Gasteiger partial charge in [0.15, 0.2) is 0 Å². The fraction of sp³-hybridized carbons (Fsp3) is 0.222. The lowest BCUT2D eigenvalue weighted by Gasteiger charge is -2.30. The van der Waals surface area contributed by atoms with E-state index < -0.39 is 0 Å². The van der Waals surface area contributed by atoms with Gasteiger partial charge in [-0.3, -0.25) is 4.90 Å². The van der Waals surface area contributed by atoms with E-state index in [4.69, 9.17) is 6.42 Å². The zero-order valence-electron chi connectivity index (χ0n) is 11.3. The number of rotatable bonds is 5. The van der Waals surface area contributed by atoms with Gasteiger partial charge < -0.3 is 0 Å². The molecule has 2 rings (SSSR count). The van der Waals surface area contributed by atoms with Crippen molar-refractivity contribution in [1.29, 1.82) is 0 Å². The van der Waals surface area contributed by atoms with Crippen molar-refractivity contribution in [3.8, 4) is 12.3 Å². The third-order valence-electron chi connectivity index (χ3n) is 3.30. The van der Waals surface area contributed by atoms with Crippen molar-refractivity contribution >= 4 is 0 Å². The molecule has 19 heavy (non-hydrogen) atoms. The molecule has 2 aromatic rings. The topological polar surface area (TPSA) is 3.24 Å². The van der Waals surface area contributed by atoms with E-state index in [1.165, 1.54) is 11.1 Å². The zero-order valence-corrected chi connectivity index (χ0v) is 11.3. The highest BCUT2D eigenvalue weighted by atomic mass is 15.1. The summed E-state index contributed by atoms with van der Waals surface area (Å²) in [6.45, 7) is 3.74. The summed E-state index contributed by atoms with van der Waals surface area (Å²) in [6.07, 6.45) is 5.51. The quantitative estimate of drug-likeness (QED) is 0.730. The molecule has 0 bridgehead atoms. The van der Waals surface area contributed by atoms with E-state index in [-0.39, 0.29) is 6.04 Å². The van der Waals surface area contributed by atoms with Crippen LogP contribution in [0.1, 0.15) is 24.1 Å². The van der Waals surface area contributed by atoms with Gasteiger partial charge in [0.1, 0.15) is 0 Å². The summed E-state index contributed by atoms with van der Waals surface area (Å²) < 4.78 is 0. The van der Waals surface area contributed by atoms with Gasteiger partial charge in [-0.2, -0.15) is 0 Å². The minimum Gasteiger partial charge on any atom is -0.281 e. The maximum Gasteiger partial charge on any atom is 0.0609 e. The predicted molar refractivity (Wildman–Crippen MR) is 80.8 cm³/mol. The highest BCUT2D eigenvalue weighted by molar-refractivity contribution is 5.32. The Kier molecular flexibility index (Phi) is 4.78. The summed E-state index contributed by atoms with van der Waals surface area (Å²) in [4.78, 5) is 2.31. The first-order chi connectivity index (χ1) is 9.36. The monoisotopic (exact) mass is 249 g/mol. The van der Waals surface area contributed by atoms with Crippen molar-refractivity contribution in [3.63, 3.8) is 0 Å². The lowest BCUT2D eigenvalue weighted by atomic mass is 9.97. The second-order valence-electron chi connectivity index (χ2n) is 4.49. The molecular formula is C18H19N. The molecule has 0 fully saturated rings. The molecule has 1 heteroatoms. The summed E-state index contributed by atoms with van der Waals surface area (Å²) in [5, 5.41) is 0. The first-order valence-corrected chi connectivity index (χ1v) is 6.64. The molecule has 0 unspecified atom stereocenters. The van der Waals surface area contributed by atoms with E-state index in [2.05, 4.69) is 66.3 Å². The molecule has 2 aromatic carbocycles. The fourth-order valence-corrected chi connectivity index (χ4v) is 2.39. The van der Waals surface area contributed by atoms with Crippen LogP contribution in [0.25, 0.3) is 0 Å². The van der Waals surface area contributed by atoms with E-state index in [0.29, 0.717) is 6.54 Å². The van der Waals surface area contributed by atoms with Gasteiger partial charge in [-0.15, -0.1) is 6.42 Å². The van der Waals surface area contributed by atoms with Gasteiger partial charge in [-0.25, -0.2) is 0 Å². The lowest BCUT2D eigenvalue weighted by molar-refractivity contribution is 0.268. The first-order valence-electron chi connectivity index (χ1n) is 6.64. The number of benzene rings is 2. The molecule has 0 aliphatic heterocycles. The van der Waals surface area contributed by atoms with Gasteiger partial charge in [-0.1, -0.05) is 73.5 Å². The van der Waals surface area contributed by atoms with Gasteiger partial charge in [0.25, 0.3) is 0 Å². The second kappa shape index (κ2) is 6.78. The van der Waals surface area contributed by atoms with E-state index in [1.54, 1.807) is 0 Å². The Morgan fingerprint density at radius 3 is 1.79 bits per heavy atom. The molecule has 0 atom stereocenters. The SMILES string of the molecule is C#CCN(CC)C(c1ccccc1)c1ccccc1. The first kappa shape index (κ1) is 13.4. The Morgan fingerprint density at radius 2 is 1.42 bits per heavy atom. The van der Waals surface area contributed by atoms with Crippen LogP contribution in [0.5, 0.6) is 0 Å². The van der Waals surface area contributed by atoms with Crippen LogP contribution in [-0.4, -0.2) is 18.0 Å². The molecule has 0 amide bonds. The van der Waals surface area contributed by atoms with Crippen molar-refractivity contribution < 1.29 is 0 Å². The normalized spacial score (nSPS) is 10.6. The van der Waals surface area contributed by atoms with Gasteiger partial charge in [-0.05, 0) is 17.7 Å². The summed E-state index contributed by atoms with van der Waals surface area (Å²) in [5.74, 6) is 2.76. The summed E-state index contributed by atoms with van der Waals surface area (Å²) >= 11 is 0. The maximum absolute atomic E-state index is 5.51. The van der Waals surface area contributed by atoms with Crippen LogP contribution in [-0.2, 0) is 0 Å². The molecule has 0 aliphatic carbocycles. The fourth-order valence-electron chi connectivity index (χ4n) is 2.39. The molecule has 96 valence electrons. The minimum absolute atomic E-state index is 0.225. The predicted octanol–water partition coefficient (Wildman–Crippen LogP) is 3.73. The Balaban J connectivity index is 2.42. The van der Waals surface area contributed by atoms with Crippen LogP contribution in [0.15, 0.2) is 60.7 Å². The van der Waals surface area contributed by atoms with Crippen LogP contribution in [0.4, 0.5) is 0 Å². The standard InChI is InChI=1S/C18H19N/c1-3-15-19(4-2)18(16-11-7-5-8-12-16)17-13-9-6-10-14-17/h1,5-14,18H,4,15H2,2H3. The second-order valence-corrected chi connectivity index (χ2v) is 4.49. The molecular weight excluding hydrogens is 230 g/mol. The molecule has 0 spiro atoms. The third kappa shape index (κ3) is 3.24. The Hall–Kier alpha value is -2.04. The Labute approximate surface area is 115 Å². The molecule has 0 aromatic heterocycles. The van der Waals surface area contributed by atoms with Crippen molar-refractivity contribution in [2.24, 2.45) is 0 Å². The summed E-state index contributed by atoms with van der Waals surface area (Å²) in [6, 6.07) is 21.3. The van der Waals surface area contributed by atoms with Gasteiger partial charge in [0.2, 0.25) is 0 Å². The zero-order chi connectivity index (χ0) is 13.5. The smallest absolute Gasteiger partial charge is 0.0609 e. The lowest BCUT2D eigenvalue weighted by Crippen LogP contribution is -2.29. The molecule has 0 heterocycles. The average molecular weight is 249 g/mol. The van der Waals surface area contributed by atoms with Crippen LogP contribution in [0.3, 0.4) is 0 Å². The van der Waals surface area contributed by atoms with Gasteiger partial charge in [0.05, 0.1) is 12.6 Å². The average Bonchev–Trinajstić information content (AvgIpc) is 2.49. The van der Waals surface area contributed by atoms with Crippen LogP contribution in [0, 0.1) is 12.3 Å². The largest absolute Gasteiger partial charge is 0.281 e. The van der Waals surface area contributed by atoms with E-state index in [9.17, 15) is 0 Å². The summed E-state index contributed by atoms with van der Waals surface area (Å²) in [7, 11) is 0. The number of terminal acetylenes is 1. The van der Waals surface area contributed by atoms with Crippen molar-refractivity contribution in [3.05, 3.63) is 71.8 Å². The maximum atomic E-state index is 5.51. The van der Waals surface area contributed by atoms with E-state index in [0.717, 1.165) is 6.54 Å². The Morgan fingerprint density at radius 1 is 0.947 bits per heavy atom. The van der Waals surface area contributed by atoms with E-state index in [1.807, 2.05) is 12.1 Å². The molecule has 0 radical (unpaired) electrons. The molecule has 1 nitrogen and oxygen atoms in total. The highest BCUT2D eigenvalue weighted by Gasteiger charge is 2.19. The van der Waals surface area contributed by atoms with E-state index >= 15 is 0 Å². The molecule has 0 N–H and O–H groups in total. The van der Waals surface area contributed by atoms with Crippen LogP contribution < -0.4 is 0 Å². The van der Waals surface area contributed by atoms with Crippen LogP contribution >= 0.6 is 0 Å². The highest BCUT2D eigenvalue weighted by Crippen LogP contribution is 2.27. The van der Waals surface area contributed by atoms with Crippen molar-refractivity contribution in [2.45, 2.75) is 13.0 Å². The van der Waals surface area contributed by atoms with Gasteiger partial charge >= 0.3 is 0 Å². The van der Waals surface area contributed by atoms with Gasteiger partial charge in [0, 0.05) is 0 Å². The van der Waals surface area contributed by atoms with Crippen molar-refractivity contribution in [1.82, 2.24) is 4.90 Å². The third-order valence-corrected chi connectivity index (χ3v) is 3.30. The molecule has 0 saturated carbocycles. The molecule has 0 aliphatic rings. The number of hydrogen-bond acceptors (Lipinski definition) is 1. The van der Waals surface area contributed by atoms with Crippen molar-refractivity contribution in [2.75, 3.05) is 13.1 Å². The molecule has 0 saturated heterocycles.